The summed E-state index contributed by atoms with van der Waals surface area (Å²) in [7, 11) is 0. The van der Waals surface area contributed by atoms with Gasteiger partial charge in [-0.05, 0) is 25.0 Å². The number of carbonyl (C=O) groups excluding carboxylic acids is 2. The van der Waals surface area contributed by atoms with E-state index in [0.29, 0.717) is 10.7 Å². The Morgan fingerprint density at radius 3 is 2.62 bits per heavy atom. The van der Waals surface area contributed by atoms with Crippen LogP contribution in [0.15, 0.2) is 21.5 Å². The molecule has 0 N–H and O–H groups in total. The first-order chi connectivity index (χ1) is 9.81. The molecular formula is C14H14NO4S2-. The lowest BCUT2D eigenvalue weighted by Gasteiger charge is -2.30. The molecule has 1 saturated heterocycles. The molecule has 1 aliphatic rings. The first kappa shape index (κ1) is 15.8. The van der Waals surface area contributed by atoms with Gasteiger partial charge in [0.25, 0.3) is 5.91 Å². The molecule has 0 aliphatic carbocycles. The molecule has 2 rings (SSSR count). The summed E-state index contributed by atoms with van der Waals surface area (Å²) < 4.78 is 5.61. The number of hydrogen-bond acceptors (Lipinski definition) is 6. The van der Waals surface area contributed by atoms with E-state index in [4.69, 9.17) is 16.6 Å². The molecule has 0 bridgehead atoms. The quantitative estimate of drug-likeness (QED) is 0.618. The second-order valence-corrected chi connectivity index (χ2v) is 6.68. The zero-order chi connectivity index (χ0) is 15.7. The molecule has 2 heterocycles. The van der Waals surface area contributed by atoms with E-state index in [1.807, 2.05) is 0 Å². The Labute approximate surface area is 132 Å². The van der Waals surface area contributed by atoms with Crippen molar-refractivity contribution in [3.63, 3.8) is 0 Å². The zero-order valence-corrected chi connectivity index (χ0v) is 13.4. The number of furan rings is 1. The predicted molar refractivity (Wildman–Crippen MR) is 82.1 cm³/mol. The molecule has 7 heteroatoms. The molecule has 0 radical (unpaired) electrons. The van der Waals surface area contributed by atoms with Crippen LogP contribution in [0.2, 0.25) is 0 Å². The van der Waals surface area contributed by atoms with E-state index in [-0.39, 0.29) is 10.2 Å². The van der Waals surface area contributed by atoms with Gasteiger partial charge in [-0.1, -0.05) is 37.8 Å². The summed E-state index contributed by atoms with van der Waals surface area (Å²) in [6.45, 7) is 5.21. The van der Waals surface area contributed by atoms with Crippen LogP contribution in [0.25, 0.3) is 6.08 Å². The minimum Gasteiger partial charge on any atom is -0.548 e. The fourth-order valence-electron chi connectivity index (χ4n) is 2.06. The number of hydrogen-bond donors (Lipinski definition) is 0. The fourth-order valence-corrected chi connectivity index (χ4v) is 3.37. The molecule has 21 heavy (non-hydrogen) atoms. The minimum absolute atomic E-state index is 0.220. The molecule has 112 valence electrons. The number of amides is 1. The highest BCUT2D eigenvalue weighted by atomic mass is 32.2. The van der Waals surface area contributed by atoms with Crippen molar-refractivity contribution in [3.8, 4) is 0 Å². The lowest BCUT2D eigenvalue weighted by atomic mass is 10.0. The van der Waals surface area contributed by atoms with Crippen LogP contribution in [0.3, 0.4) is 0 Å². The zero-order valence-electron chi connectivity index (χ0n) is 11.8. The van der Waals surface area contributed by atoms with Gasteiger partial charge in [0.15, 0.2) is 0 Å². The molecule has 0 aromatic carbocycles. The van der Waals surface area contributed by atoms with Gasteiger partial charge in [-0.15, -0.1) is 0 Å². The smallest absolute Gasteiger partial charge is 0.266 e. The topological polar surface area (TPSA) is 73.6 Å². The maximum absolute atomic E-state index is 12.4. The van der Waals surface area contributed by atoms with Crippen LogP contribution in [0.1, 0.15) is 25.4 Å². The van der Waals surface area contributed by atoms with Crippen LogP contribution in [0.5, 0.6) is 0 Å². The average Bonchev–Trinajstić information content (AvgIpc) is 2.88. The van der Waals surface area contributed by atoms with E-state index in [1.54, 1.807) is 39.0 Å². The van der Waals surface area contributed by atoms with Gasteiger partial charge in [0.05, 0.1) is 16.9 Å². The van der Waals surface area contributed by atoms with E-state index in [9.17, 15) is 14.7 Å². The molecule has 1 fully saturated rings. The Morgan fingerprint density at radius 2 is 2.14 bits per heavy atom. The third-order valence-corrected chi connectivity index (χ3v) is 4.34. The number of thioether (sulfide) groups is 1. The largest absolute Gasteiger partial charge is 0.548 e. The number of thiocarbonyl (C=S) groups is 1. The Bertz CT molecular complexity index is 633. The monoisotopic (exact) mass is 324 g/mol. The van der Waals surface area contributed by atoms with Crippen molar-refractivity contribution in [2.45, 2.75) is 26.8 Å². The van der Waals surface area contributed by atoms with Gasteiger partial charge in [0.1, 0.15) is 15.8 Å². The summed E-state index contributed by atoms with van der Waals surface area (Å²) in [5.74, 6) is -0.782. The number of carboxylic acids is 1. The summed E-state index contributed by atoms with van der Waals surface area (Å²) in [4.78, 5) is 25.1. The van der Waals surface area contributed by atoms with Crippen molar-refractivity contribution in [2.24, 2.45) is 5.92 Å². The number of carbonyl (C=O) groups is 2. The van der Waals surface area contributed by atoms with Gasteiger partial charge < -0.3 is 14.3 Å². The number of carboxylic acid groups (broad SMARTS) is 1. The molecule has 1 aliphatic heterocycles. The third kappa shape index (κ3) is 3.19. The second kappa shape index (κ2) is 6.03. The Morgan fingerprint density at radius 1 is 1.48 bits per heavy atom. The fraction of sp³-hybridized carbons (Fsp3) is 0.357. The first-order valence-corrected chi connectivity index (χ1v) is 7.58. The Kier molecular flexibility index (Phi) is 4.53. The van der Waals surface area contributed by atoms with Crippen molar-refractivity contribution < 1.29 is 19.1 Å². The summed E-state index contributed by atoms with van der Waals surface area (Å²) in [5.41, 5.74) is 0. The van der Waals surface area contributed by atoms with E-state index in [2.05, 4.69) is 0 Å². The van der Waals surface area contributed by atoms with Gasteiger partial charge in [-0.3, -0.25) is 9.69 Å². The SMILES string of the molecule is Cc1ccc(/C=C2\SC(=S)N([C@@H](C(=O)[O-])C(C)C)C2=O)o1. The van der Waals surface area contributed by atoms with Gasteiger partial charge in [-0.25, -0.2) is 0 Å². The molecule has 1 aromatic rings. The number of nitrogens with zero attached hydrogens (tertiary/aromatic N) is 1. The maximum atomic E-state index is 12.4. The first-order valence-electron chi connectivity index (χ1n) is 6.35. The lowest BCUT2D eigenvalue weighted by Crippen LogP contribution is -2.52. The van der Waals surface area contributed by atoms with E-state index in [1.165, 1.54) is 0 Å². The highest BCUT2D eigenvalue weighted by molar-refractivity contribution is 8.26. The van der Waals surface area contributed by atoms with Crippen molar-refractivity contribution in [1.29, 1.82) is 0 Å². The molecule has 5 nitrogen and oxygen atoms in total. The molecule has 1 atom stereocenters. The van der Waals surface area contributed by atoms with E-state index in [0.717, 1.165) is 22.4 Å². The number of rotatable bonds is 4. The van der Waals surface area contributed by atoms with Crippen molar-refractivity contribution in [1.82, 2.24) is 4.90 Å². The minimum atomic E-state index is -1.31. The van der Waals surface area contributed by atoms with Crippen molar-refractivity contribution in [3.05, 3.63) is 28.6 Å². The summed E-state index contributed by atoms with van der Waals surface area (Å²) in [5, 5.41) is 11.3. The number of aryl methyl sites for hydroxylation is 1. The molecule has 0 unspecified atom stereocenters. The summed E-state index contributed by atoms with van der Waals surface area (Å²) in [6, 6.07) is 2.45. The molecule has 0 saturated carbocycles. The molecule has 0 spiro atoms. The molecular weight excluding hydrogens is 310 g/mol. The third-order valence-electron chi connectivity index (χ3n) is 3.01. The maximum Gasteiger partial charge on any atom is 0.266 e. The highest BCUT2D eigenvalue weighted by Crippen LogP contribution is 2.35. The second-order valence-electron chi connectivity index (χ2n) is 5.01. The average molecular weight is 324 g/mol. The van der Waals surface area contributed by atoms with Crippen LogP contribution >= 0.6 is 24.0 Å². The predicted octanol–water partition coefficient (Wildman–Crippen LogP) is 1.56. The van der Waals surface area contributed by atoms with Gasteiger partial charge >= 0.3 is 0 Å². The Hall–Kier alpha value is -1.60. The Balaban J connectivity index is 2.32. The lowest BCUT2D eigenvalue weighted by molar-refractivity contribution is -0.311. The highest BCUT2D eigenvalue weighted by Gasteiger charge is 2.39. The standard InChI is InChI=1S/C14H15NO4S2/c1-7(2)11(13(17)18)15-12(16)10(21-14(15)20)6-9-5-4-8(3)19-9/h4-7,11H,1-3H3,(H,17,18)/p-1/b10-6-/t11-/m1/s1. The van der Waals surface area contributed by atoms with Crippen LogP contribution in [-0.4, -0.2) is 27.1 Å². The molecule has 1 aromatic heterocycles. The van der Waals surface area contributed by atoms with Crippen LogP contribution in [0.4, 0.5) is 0 Å². The van der Waals surface area contributed by atoms with Crippen LogP contribution < -0.4 is 5.11 Å². The van der Waals surface area contributed by atoms with E-state index < -0.39 is 17.9 Å². The summed E-state index contributed by atoms with van der Waals surface area (Å²) in [6.07, 6.45) is 1.57. The summed E-state index contributed by atoms with van der Waals surface area (Å²) >= 11 is 6.20. The normalized spacial score (nSPS) is 18.9. The van der Waals surface area contributed by atoms with Crippen LogP contribution in [0, 0.1) is 12.8 Å². The van der Waals surface area contributed by atoms with Crippen molar-refractivity contribution >= 4 is 46.3 Å². The van der Waals surface area contributed by atoms with Crippen molar-refractivity contribution in [2.75, 3.05) is 0 Å². The van der Waals surface area contributed by atoms with Gasteiger partial charge in [-0.2, -0.15) is 0 Å². The van der Waals surface area contributed by atoms with Gasteiger partial charge in [0.2, 0.25) is 0 Å². The van der Waals surface area contributed by atoms with Crippen LogP contribution in [-0.2, 0) is 9.59 Å². The number of aliphatic carboxylic acids is 1. The van der Waals surface area contributed by atoms with Gasteiger partial charge in [0, 0.05) is 6.08 Å². The van der Waals surface area contributed by atoms with E-state index >= 15 is 0 Å². The molecule has 1 amide bonds.